The van der Waals surface area contributed by atoms with Gasteiger partial charge in [-0.25, -0.2) is 9.18 Å². The predicted molar refractivity (Wildman–Crippen MR) is 109 cm³/mol. The molecule has 1 aromatic carbocycles. The number of nitrogens with zero attached hydrogens (tertiary/aromatic N) is 1. The molecule has 0 bridgehead atoms. The van der Waals surface area contributed by atoms with Gasteiger partial charge in [-0.2, -0.15) is 0 Å². The van der Waals surface area contributed by atoms with Gasteiger partial charge in [0.25, 0.3) is 0 Å². The number of cyclic esters (lactones) is 1. The van der Waals surface area contributed by atoms with Crippen LogP contribution in [-0.2, 0) is 9.53 Å². The second-order valence-electron chi connectivity index (χ2n) is 8.19. The third-order valence-corrected chi connectivity index (χ3v) is 6.52. The van der Waals surface area contributed by atoms with Crippen molar-refractivity contribution >= 4 is 12.0 Å². The number of hydrogen-bond donors (Lipinski definition) is 1. The molecule has 5 heteroatoms. The highest BCUT2D eigenvalue weighted by molar-refractivity contribution is 5.82. The number of carbonyl (C=O) groups excluding carboxylic acids is 1. The lowest BCUT2D eigenvalue weighted by Crippen LogP contribution is -2.50. The van der Waals surface area contributed by atoms with Crippen LogP contribution in [0.3, 0.4) is 0 Å². The van der Waals surface area contributed by atoms with Crippen LogP contribution in [0.25, 0.3) is 17.2 Å². The number of esters is 1. The first-order valence-electron chi connectivity index (χ1n) is 10.3. The van der Waals surface area contributed by atoms with Crippen LogP contribution in [0.2, 0.25) is 0 Å². The minimum Gasteiger partial charge on any atom is -0.460 e. The Morgan fingerprint density at radius 2 is 2.14 bits per heavy atom. The molecule has 1 aromatic heterocycles. The number of rotatable bonds is 4. The normalized spacial score (nSPS) is 31.7. The molecule has 2 aromatic rings. The van der Waals surface area contributed by atoms with Gasteiger partial charge in [0.05, 0.1) is 5.69 Å². The maximum absolute atomic E-state index is 13.4. The Bertz CT molecular complexity index is 926. The van der Waals surface area contributed by atoms with Crippen molar-refractivity contribution in [2.75, 3.05) is 0 Å². The van der Waals surface area contributed by atoms with Crippen molar-refractivity contribution in [1.29, 1.82) is 0 Å². The molecular formula is C24H26FNO3. The molecule has 0 radical (unpaired) electrons. The van der Waals surface area contributed by atoms with E-state index in [0.717, 1.165) is 29.7 Å². The van der Waals surface area contributed by atoms with Gasteiger partial charge in [0, 0.05) is 17.7 Å². The molecule has 29 heavy (non-hydrogen) atoms. The molecule has 1 saturated carbocycles. The second kappa shape index (κ2) is 7.71. The Labute approximate surface area is 170 Å². The van der Waals surface area contributed by atoms with Gasteiger partial charge in [0.1, 0.15) is 11.9 Å². The predicted octanol–water partition coefficient (Wildman–Crippen LogP) is 4.63. The highest BCUT2D eigenvalue weighted by atomic mass is 19.1. The molecule has 1 aliphatic heterocycles. The van der Waals surface area contributed by atoms with Crippen molar-refractivity contribution in [3.63, 3.8) is 0 Å². The van der Waals surface area contributed by atoms with Crippen molar-refractivity contribution < 1.29 is 19.0 Å². The number of carbonyl (C=O) groups is 1. The Balaban J connectivity index is 1.57. The molecule has 0 amide bonds. The fourth-order valence-corrected chi connectivity index (χ4v) is 4.97. The number of aromatic nitrogens is 1. The molecule has 4 unspecified atom stereocenters. The van der Waals surface area contributed by atoms with Gasteiger partial charge in [-0.05, 0) is 61.4 Å². The number of hydrogen-bond acceptors (Lipinski definition) is 4. The summed E-state index contributed by atoms with van der Waals surface area (Å²) in [6, 6.07) is 10.2. The Hall–Kier alpha value is -2.53. The van der Waals surface area contributed by atoms with E-state index in [1.165, 1.54) is 12.1 Å². The van der Waals surface area contributed by atoms with Crippen molar-refractivity contribution in [2.24, 2.45) is 17.8 Å². The van der Waals surface area contributed by atoms with Crippen LogP contribution in [0.15, 0.2) is 48.7 Å². The number of aliphatic hydroxyl groups is 1. The summed E-state index contributed by atoms with van der Waals surface area (Å²) in [5, 5.41) is 11.0. The van der Waals surface area contributed by atoms with E-state index in [1.807, 2.05) is 31.2 Å². The molecule has 2 aliphatic rings. The SMILES string of the molecule is CCC1CCC2(O)C(=O)O[C@H](C)C2C1/C=C/c1ccc(-c2cccc(F)c2)cn1. The van der Waals surface area contributed by atoms with Gasteiger partial charge in [-0.15, -0.1) is 0 Å². The number of pyridine rings is 1. The average molecular weight is 395 g/mol. The standard InChI is InChI=1S/C24H26FNO3/c1-3-16-11-12-24(28)22(15(2)29-23(24)27)21(16)10-9-20-8-7-18(14-26-20)17-5-4-6-19(25)13-17/h4-10,13-16,21-22,28H,3,11-12H2,1-2H3/b10-9+/t15-,16?,21?,22?,24?/m1/s1. The largest absolute Gasteiger partial charge is 0.460 e. The van der Waals surface area contributed by atoms with Crippen LogP contribution >= 0.6 is 0 Å². The van der Waals surface area contributed by atoms with Gasteiger partial charge < -0.3 is 9.84 Å². The molecule has 2 fully saturated rings. The summed E-state index contributed by atoms with van der Waals surface area (Å²) >= 11 is 0. The second-order valence-corrected chi connectivity index (χ2v) is 8.19. The summed E-state index contributed by atoms with van der Waals surface area (Å²) in [7, 11) is 0. The zero-order valence-corrected chi connectivity index (χ0v) is 16.7. The Morgan fingerprint density at radius 1 is 1.31 bits per heavy atom. The zero-order chi connectivity index (χ0) is 20.6. The monoisotopic (exact) mass is 395 g/mol. The first-order valence-corrected chi connectivity index (χ1v) is 10.3. The molecule has 4 rings (SSSR count). The quantitative estimate of drug-likeness (QED) is 0.767. The summed E-state index contributed by atoms with van der Waals surface area (Å²) in [6.07, 6.45) is 7.69. The lowest BCUT2D eigenvalue weighted by atomic mass is 9.62. The van der Waals surface area contributed by atoms with Crippen LogP contribution in [0.4, 0.5) is 4.39 Å². The smallest absolute Gasteiger partial charge is 0.338 e. The zero-order valence-electron chi connectivity index (χ0n) is 16.7. The van der Waals surface area contributed by atoms with Crippen LogP contribution in [-0.4, -0.2) is 27.8 Å². The van der Waals surface area contributed by atoms with Crippen LogP contribution in [0.1, 0.15) is 38.8 Å². The van der Waals surface area contributed by atoms with Crippen LogP contribution in [0.5, 0.6) is 0 Å². The first kappa shape index (κ1) is 19.8. The highest BCUT2D eigenvalue weighted by Crippen LogP contribution is 2.50. The van der Waals surface area contributed by atoms with E-state index in [0.29, 0.717) is 12.3 Å². The Morgan fingerprint density at radius 3 is 2.83 bits per heavy atom. The maximum Gasteiger partial charge on any atom is 0.338 e. The number of ether oxygens (including phenoxy) is 1. The first-order chi connectivity index (χ1) is 13.9. The van der Waals surface area contributed by atoms with Gasteiger partial charge in [0.15, 0.2) is 5.60 Å². The van der Waals surface area contributed by atoms with Crippen molar-refractivity contribution in [3.05, 3.63) is 60.2 Å². The molecule has 4 nitrogen and oxygen atoms in total. The summed E-state index contributed by atoms with van der Waals surface area (Å²) in [4.78, 5) is 16.7. The number of benzene rings is 1. The van der Waals surface area contributed by atoms with E-state index < -0.39 is 11.6 Å². The van der Waals surface area contributed by atoms with Crippen molar-refractivity contribution in [3.8, 4) is 11.1 Å². The highest BCUT2D eigenvalue weighted by Gasteiger charge is 2.60. The van der Waals surface area contributed by atoms with Crippen LogP contribution in [0, 0.1) is 23.6 Å². The maximum atomic E-state index is 13.4. The lowest BCUT2D eigenvalue weighted by molar-refractivity contribution is -0.158. The number of fused-ring (bicyclic) bond motifs is 1. The molecule has 152 valence electrons. The van der Waals surface area contributed by atoms with E-state index >= 15 is 0 Å². The summed E-state index contributed by atoms with van der Waals surface area (Å²) in [6.45, 7) is 4.01. The molecule has 1 aliphatic carbocycles. The molecule has 1 N–H and O–H groups in total. The van der Waals surface area contributed by atoms with E-state index in [-0.39, 0.29) is 23.8 Å². The summed E-state index contributed by atoms with van der Waals surface area (Å²) in [5.41, 5.74) is 1.04. The number of allylic oxidation sites excluding steroid dienone is 1. The fourth-order valence-electron chi connectivity index (χ4n) is 4.97. The third-order valence-electron chi connectivity index (χ3n) is 6.52. The van der Waals surface area contributed by atoms with Gasteiger partial charge >= 0.3 is 5.97 Å². The molecule has 2 heterocycles. The Kier molecular flexibility index (Phi) is 5.26. The van der Waals surface area contributed by atoms with Crippen molar-refractivity contribution in [2.45, 2.75) is 44.8 Å². The van der Waals surface area contributed by atoms with Gasteiger partial charge in [0.2, 0.25) is 0 Å². The fraction of sp³-hybridized carbons (Fsp3) is 0.417. The van der Waals surface area contributed by atoms with Gasteiger partial charge in [-0.1, -0.05) is 37.6 Å². The van der Waals surface area contributed by atoms with Crippen LogP contribution < -0.4 is 0 Å². The molecule has 5 atom stereocenters. The molecular weight excluding hydrogens is 369 g/mol. The van der Waals surface area contributed by atoms with E-state index in [4.69, 9.17) is 4.74 Å². The average Bonchev–Trinajstić information content (AvgIpc) is 2.95. The van der Waals surface area contributed by atoms with E-state index in [1.54, 1.807) is 12.3 Å². The van der Waals surface area contributed by atoms with Gasteiger partial charge in [-0.3, -0.25) is 4.98 Å². The molecule has 0 spiro atoms. The molecule has 1 saturated heterocycles. The summed E-state index contributed by atoms with van der Waals surface area (Å²) in [5.74, 6) is -0.564. The number of halogens is 1. The topological polar surface area (TPSA) is 59.4 Å². The van der Waals surface area contributed by atoms with Crippen molar-refractivity contribution in [1.82, 2.24) is 4.98 Å². The summed E-state index contributed by atoms with van der Waals surface area (Å²) < 4.78 is 18.8. The minimum absolute atomic E-state index is 0.0462. The van der Waals surface area contributed by atoms with E-state index in [9.17, 15) is 14.3 Å². The lowest BCUT2D eigenvalue weighted by Gasteiger charge is -2.41. The third kappa shape index (κ3) is 3.60. The minimum atomic E-state index is -1.38. The van der Waals surface area contributed by atoms with E-state index in [2.05, 4.69) is 18.0 Å².